The molecule has 0 fully saturated rings. The molecule has 5 nitrogen and oxygen atoms in total. The third-order valence-electron chi connectivity index (χ3n) is 3.27. The number of carbonyl (C=O) groups is 2. The highest BCUT2D eigenvalue weighted by molar-refractivity contribution is 5.81. The first-order valence-corrected chi connectivity index (χ1v) is 7.16. The van der Waals surface area contributed by atoms with Crippen molar-refractivity contribution >= 4 is 11.9 Å². The number of hydrogen-bond donors (Lipinski definition) is 0. The molecule has 5 heteroatoms. The molecular formula is C19H16O5. The van der Waals surface area contributed by atoms with Gasteiger partial charge in [0.05, 0.1) is 0 Å². The molecule has 0 amide bonds. The van der Waals surface area contributed by atoms with Crippen LogP contribution in [0.2, 0.25) is 0 Å². The van der Waals surface area contributed by atoms with Gasteiger partial charge in [-0.15, -0.1) is 0 Å². The summed E-state index contributed by atoms with van der Waals surface area (Å²) in [5.41, 5.74) is 5.75. The van der Waals surface area contributed by atoms with Gasteiger partial charge in [0.1, 0.15) is 0 Å². The first-order valence-electron chi connectivity index (χ1n) is 7.16. The van der Waals surface area contributed by atoms with E-state index >= 15 is 0 Å². The maximum atomic E-state index is 10.2. The molecule has 0 aromatic heterocycles. The molecule has 122 valence electrons. The minimum absolute atomic E-state index is 0.849. The van der Waals surface area contributed by atoms with Crippen LogP contribution < -0.4 is 0 Å². The lowest BCUT2D eigenvalue weighted by molar-refractivity contribution is -0.455. The SMILES string of the molecule is C=CC(=O)OOOC(=O)C=C.c1ccc2c(c1)Cc1ccccc1-2. The maximum Gasteiger partial charge on any atom is 0.369 e. The van der Waals surface area contributed by atoms with Crippen LogP contribution in [0.1, 0.15) is 11.1 Å². The molecule has 0 aliphatic heterocycles. The molecule has 0 unspecified atom stereocenters. The van der Waals surface area contributed by atoms with Crippen molar-refractivity contribution in [1.82, 2.24) is 0 Å². The van der Waals surface area contributed by atoms with Gasteiger partial charge in [0.25, 0.3) is 0 Å². The minimum Gasteiger partial charge on any atom is -0.255 e. The summed E-state index contributed by atoms with van der Waals surface area (Å²) in [5.74, 6) is -1.72. The third kappa shape index (κ3) is 4.41. The van der Waals surface area contributed by atoms with Crippen molar-refractivity contribution in [3.05, 3.63) is 85.0 Å². The lowest BCUT2D eigenvalue weighted by Crippen LogP contribution is -2.06. The minimum atomic E-state index is -0.859. The normalized spacial score (nSPS) is 10.3. The van der Waals surface area contributed by atoms with E-state index in [0.29, 0.717) is 0 Å². The van der Waals surface area contributed by atoms with Crippen molar-refractivity contribution in [2.75, 3.05) is 0 Å². The Morgan fingerprint density at radius 3 is 1.62 bits per heavy atom. The molecule has 0 bridgehead atoms. The Kier molecular flexibility index (Phi) is 6.05. The fraction of sp³-hybridized carbons (Fsp3) is 0.0526. The summed E-state index contributed by atoms with van der Waals surface area (Å²) in [6.07, 6.45) is 2.80. The number of rotatable bonds is 4. The molecule has 24 heavy (non-hydrogen) atoms. The van der Waals surface area contributed by atoms with Crippen molar-refractivity contribution in [2.45, 2.75) is 6.42 Å². The van der Waals surface area contributed by atoms with Crippen molar-refractivity contribution < 1.29 is 24.4 Å². The summed E-state index contributed by atoms with van der Waals surface area (Å²) >= 11 is 0. The average Bonchev–Trinajstić information content (AvgIpc) is 3.00. The lowest BCUT2D eigenvalue weighted by atomic mass is 10.1. The van der Waals surface area contributed by atoms with Crippen LogP contribution in [0.4, 0.5) is 0 Å². The van der Waals surface area contributed by atoms with Gasteiger partial charge in [-0.1, -0.05) is 61.7 Å². The molecule has 0 atom stereocenters. The highest BCUT2D eigenvalue weighted by Gasteiger charge is 2.15. The third-order valence-corrected chi connectivity index (χ3v) is 3.27. The summed E-state index contributed by atoms with van der Waals surface area (Å²) in [7, 11) is 0. The van der Waals surface area contributed by atoms with E-state index in [2.05, 4.69) is 76.5 Å². The van der Waals surface area contributed by atoms with Gasteiger partial charge in [-0.05, 0) is 28.7 Å². The van der Waals surface area contributed by atoms with Crippen LogP contribution in [-0.2, 0) is 30.8 Å². The molecular weight excluding hydrogens is 308 g/mol. The zero-order valence-corrected chi connectivity index (χ0v) is 12.9. The second-order valence-corrected chi connectivity index (χ2v) is 4.77. The summed E-state index contributed by atoms with van der Waals surface area (Å²) in [5, 5.41) is 3.70. The average molecular weight is 324 g/mol. The van der Waals surface area contributed by atoms with Crippen LogP contribution in [0.15, 0.2) is 73.8 Å². The predicted molar refractivity (Wildman–Crippen MR) is 88.3 cm³/mol. The van der Waals surface area contributed by atoms with Gasteiger partial charge in [-0.25, -0.2) is 9.59 Å². The van der Waals surface area contributed by atoms with Crippen LogP contribution in [0.25, 0.3) is 11.1 Å². The van der Waals surface area contributed by atoms with Gasteiger partial charge in [0, 0.05) is 17.2 Å². The number of fused-ring (bicyclic) bond motifs is 3. The molecule has 0 heterocycles. The number of hydrogen-bond acceptors (Lipinski definition) is 5. The second-order valence-electron chi connectivity index (χ2n) is 4.77. The Morgan fingerprint density at radius 2 is 1.21 bits per heavy atom. The zero-order valence-electron chi connectivity index (χ0n) is 12.9. The molecule has 1 aliphatic carbocycles. The highest BCUT2D eigenvalue weighted by Crippen LogP contribution is 2.35. The van der Waals surface area contributed by atoms with Gasteiger partial charge in [0.2, 0.25) is 0 Å². The summed E-state index contributed by atoms with van der Waals surface area (Å²) in [4.78, 5) is 28.0. The predicted octanol–water partition coefficient (Wildman–Crippen LogP) is 3.55. The van der Waals surface area contributed by atoms with Gasteiger partial charge >= 0.3 is 11.9 Å². The van der Waals surface area contributed by atoms with Crippen molar-refractivity contribution in [3.8, 4) is 11.1 Å². The zero-order chi connectivity index (χ0) is 17.4. The highest BCUT2D eigenvalue weighted by atomic mass is 17.5. The maximum absolute atomic E-state index is 10.2. The molecule has 0 spiro atoms. The van der Waals surface area contributed by atoms with Gasteiger partial charge in [-0.2, -0.15) is 0 Å². The van der Waals surface area contributed by atoms with Crippen molar-refractivity contribution in [2.24, 2.45) is 0 Å². The molecule has 2 aromatic carbocycles. The van der Waals surface area contributed by atoms with E-state index in [9.17, 15) is 9.59 Å². The number of carbonyl (C=O) groups excluding carboxylic acids is 2. The van der Waals surface area contributed by atoms with E-state index in [1.54, 1.807) is 0 Å². The van der Waals surface area contributed by atoms with Crippen LogP contribution in [0.3, 0.4) is 0 Å². The Bertz CT molecular complexity index is 700. The van der Waals surface area contributed by atoms with Crippen LogP contribution in [-0.4, -0.2) is 11.9 Å². The van der Waals surface area contributed by atoms with Gasteiger partial charge < -0.3 is 0 Å². The van der Waals surface area contributed by atoms with Crippen LogP contribution in [0, 0.1) is 0 Å². The van der Waals surface area contributed by atoms with Crippen molar-refractivity contribution in [1.29, 1.82) is 0 Å². The van der Waals surface area contributed by atoms with E-state index in [1.165, 1.54) is 22.3 Å². The van der Waals surface area contributed by atoms with Gasteiger partial charge in [-0.3, -0.25) is 9.78 Å². The lowest BCUT2D eigenvalue weighted by Gasteiger charge is -1.98. The fourth-order valence-electron chi connectivity index (χ4n) is 2.23. The first kappa shape index (κ1) is 17.2. The Morgan fingerprint density at radius 1 is 0.792 bits per heavy atom. The quantitative estimate of drug-likeness (QED) is 0.417. The summed E-state index contributed by atoms with van der Waals surface area (Å²) < 4.78 is 0. The fourth-order valence-corrected chi connectivity index (χ4v) is 2.23. The molecule has 2 aromatic rings. The number of benzene rings is 2. The first-order chi connectivity index (χ1) is 11.7. The second kappa shape index (κ2) is 8.45. The Balaban J connectivity index is 0.000000178. The Hall–Kier alpha value is -3.18. The topological polar surface area (TPSA) is 61.8 Å². The van der Waals surface area contributed by atoms with E-state index in [0.717, 1.165) is 18.6 Å². The molecule has 0 saturated carbocycles. The monoisotopic (exact) mass is 324 g/mol. The van der Waals surface area contributed by atoms with E-state index in [-0.39, 0.29) is 0 Å². The molecule has 3 rings (SSSR count). The summed E-state index contributed by atoms with van der Waals surface area (Å²) in [6, 6.07) is 17.3. The van der Waals surface area contributed by atoms with Crippen molar-refractivity contribution in [3.63, 3.8) is 0 Å². The molecule has 0 N–H and O–H groups in total. The van der Waals surface area contributed by atoms with Gasteiger partial charge in [0.15, 0.2) is 0 Å². The molecule has 0 radical (unpaired) electrons. The van der Waals surface area contributed by atoms with Crippen LogP contribution >= 0.6 is 0 Å². The summed E-state index contributed by atoms with van der Waals surface area (Å²) in [6.45, 7) is 6.13. The van der Waals surface area contributed by atoms with E-state index in [4.69, 9.17) is 0 Å². The Labute approximate surface area is 139 Å². The van der Waals surface area contributed by atoms with E-state index < -0.39 is 11.9 Å². The largest absolute Gasteiger partial charge is 0.369 e. The smallest absolute Gasteiger partial charge is 0.255 e. The molecule has 1 aliphatic rings. The van der Waals surface area contributed by atoms with E-state index in [1.807, 2.05) is 0 Å². The molecule has 0 saturated heterocycles. The standard InChI is InChI=1S/C13H10.C6H6O5/c1-3-7-12-10(5-1)9-11-6-2-4-8-13(11)12;1-3-5(7)9-11-10-6(8)4-2/h1-8H,9H2;3-4H,1-2H2. The van der Waals surface area contributed by atoms with Crippen LogP contribution in [0.5, 0.6) is 0 Å².